The molecule has 0 bridgehead atoms. The van der Waals surface area contributed by atoms with Crippen LogP contribution in [0.1, 0.15) is 6.42 Å². The van der Waals surface area contributed by atoms with E-state index in [2.05, 4.69) is 0 Å². The first-order valence-corrected chi connectivity index (χ1v) is 8.32. The number of hydrogen-bond acceptors (Lipinski definition) is 5. The molecule has 1 fully saturated rings. The van der Waals surface area contributed by atoms with Gasteiger partial charge < -0.3 is 4.90 Å². The standard InChI is InChI=1S/C11H10ClFN2O5S/c12-21(19,20)6-7-3-11(16)14(5-7)9-2-1-8(13)4-10(9)15(17)18/h1-2,4,7H,3,5-6H2. The molecule has 0 saturated carbocycles. The molecule has 1 atom stereocenters. The molecular formula is C11H10ClFN2O5S. The molecule has 0 spiro atoms. The molecule has 0 radical (unpaired) electrons. The quantitative estimate of drug-likeness (QED) is 0.473. The van der Waals surface area contributed by atoms with Crippen molar-refractivity contribution in [3.05, 3.63) is 34.1 Å². The second-order valence-electron chi connectivity index (χ2n) is 4.67. The van der Waals surface area contributed by atoms with Crippen LogP contribution >= 0.6 is 10.7 Å². The van der Waals surface area contributed by atoms with Gasteiger partial charge in [-0.05, 0) is 12.1 Å². The molecule has 0 aromatic heterocycles. The van der Waals surface area contributed by atoms with Crippen LogP contribution in [0.5, 0.6) is 0 Å². The number of carbonyl (C=O) groups excluding carboxylic acids is 1. The van der Waals surface area contributed by atoms with E-state index >= 15 is 0 Å². The Hall–Kier alpha value is -1.74. The van der Waals surface area contributed by atoms with Gasteiger partial charge in [0.05, 0.1) is 16.7 Å². The molecule has 7 nitrogen and oxygen atoms in total. The van der Waals surface area contributed by atoms with Gasteiger partial charge in [-0.25, -0.2) is 12.8 Å². The summed E-state index contributed by atoms with van der Waals surface area (Å²) in [4.78, 5) is 23.1. The van der Waals surface area contributed by atoms with Crippen LogP contribution in [0.25, 0.3) is 0 Å². The summed E-state index contributed by atoms with van der Waals surface area (Å²) in [6, 6.07) is 2.85. The number of amides is 1. The zero-order valence-corrected chi connectivity index (χ0v) is 12.1. The molecule has 0 aliphatic carbocycles. The van der Waals surface area contributed by atoms with Gasteiger partial charge in [0.15, 0.2) is 0 Å². The summed E-state index contributed by atoms with van der Waals surface area (Å²) in [5, 5.41) is 10.9. The summed E-state index contributed by atoms with van der Waals surface area (Å²) >= 11 is 0. The van der Waals surface area contributed by atoms with Gasteiger partial charge in [-0.2, -0.15) is 0 Å². The van der Waals surface area contributed by atoms with Crippen LogP contribution in [-0.2, 0) is 13.8 Å². The summed E-state index contributed by atoms with van der Waals surface area (Å²) in [5.74, 6) is -2.21. The first-order valence-electron chi connectivity index (χ1n) is 5.84. The number of nitrogens with zero attached hydrogens (tertiary/aromatic N) is 2. The molecule has 0 N–H and O–H groups in total. The minimum Gasteiger partial charge on any atom is -0.306 e. The Bertz CT molecular complexity index is 709. The second kappa shape index (κ2) is 5.57. The van der Waals surface area contributed by atoms with Crippen molar-refractivity contribution in [2.24, 2.45) is 5.92 Å². The summed E-state index contributed by atoms with van der Waals surface area (Å²) in [7, 11) is 1.37. The molecule has 1 unspecified atom stereocenters. The first kappa shape index (κ1) is 15.6. The Kier molecular flexibility index (Phi) is 4.15. The van der Waals surface area contributed by atoms with E-state index in [-0.39, 0.29) is 18.7 Å². The van der Waals surface area contributed by atoms with E-state index in [1.165, 1.54) is 0 Å². The molecule has 1 aliphatic heterocycles. The van der Waals surface area contributed by atoms with Crippen LogP contribution in [0.4, 0.5) is 15.8 Å². The number of rotatable bonds is 4. The maximum Gasteiger partial charge on any atom is 0.295 e. The number of halogens is 2. The van der Waals surface area contributed by atoms with E-state index in [1.54, 1.807) is 0 Å². The Morgan fingerprint density at radius 1 is 1.48 bits per heavy atom. The zero-order valence-electron chi connectivity index (χ0n) is 10.5. The van der Waals surface area contributed by atoms with E-state index in [1.807, 2.05) is 0 Å². The maximum absolute atomic E-state index is 13.1. The third kappa shape index (κ3) is 3.67. The molecule has 1 aliphatic rings. The fourth-order valence-corrected chi connectivity index (χ4v) is 3.60. The lowest BCUT2D eigenvalue weighted by Crippen LogP contribution is -2.26. The highest BCUT2D eigenvalue weighted by atomic mass is 35.7. The highest BCUT2D eigenvalue weighted by Gasteiger charge is 2.36. The zero-order chi connectivity index (χ0) is 15.8. The van der Waals surface area contributed by atoms with Crippen molar-refractivity contribution in [1.82, 2.24) is 0 Å². The van der Waals surface area contributed by atoms with E-state index in [0.717, 1.165) is 17.0 Å². The highest BCUT2D eigenvalue weighted by Crippen LogP contribution is 2.33. The third-order valence-electron chi connectivity index (χ3n) is 3.06. The predicted molar refractivity (Wildman–Crippen MR) is 73.2 cm³/mol. The lowest BCUT2D eigenvalue weighted by Gasteiger charge is -2.16. The van der Waals surface area contributed by atoms with E-state index in [9.17, 15) is 27.7 Å². The van der Waals surface area contributed by atoms with E-state index in [4.69, 9.17) is 10.7 Å². The van der Waals surface area contributed by atoms with E-state index < -0.39 is 43.1 Å². The fraction of sp³-hybridized carbons (Fsp3) is 0.364. The van der Waals surface area contributed by atoms with Gasteiger partial charge in [0.2, 0.25) is 15.0 Å². The Labute approximate surface area is 123 Å². The van der Waals surface area contributed by atoms with Crippen LogP contribution in [-0.4, -0.2) is 31.5 Å². The van der Waals surface area contributed by atoms with Crippen LogP contribution < -0.4 is 4.90 Å². The molecule has 1 aromatic rings. The highest BCUT2D eigenvalue weighted by molar-refractivity contribution is 8.13. The van der Waals surface area contributed by atoms with Crippen molar-refractivity contribution < 1.29 is 22.5 Å². The number of nitro groups is 1. The van der Waals surface area contributed by atoms with Crippen molar-refractivity contribution in [2.45, 2.75) is 6.42 Å². The molecule has 1 aromatic carbocycles. The van der Waals surface area contributed by atoms with Gasteiger partial charge in [-0.1, -0.05) is 0 Å². The van der Waals surface area contributed by atoms with Crippen molar-refractivity contribution in [3.8, 4) is 0 Å². The van der Waals surface area contributed by atoms with Gasteiger partial charge in [-0.15, -0.1) is 0 Å². The summed E-state index contributed by atoms with van der Waals surface area (Å²) in [5.41, 5.74) is -0.599. The van der Waals surface area contributed by atoms with Gasteiger partial charge in [0.25, 0.3) is 5.69 Å². The van der Waals surface area contributed by atoms with Gasteiger partial charge in [0, 0.05) is 29.6 Å². The average Bonchev–Trinajstić information content (AvgIpc) is 2.67. The molecule has 10 heteroatoms. The smallest absolute Gasteiger partial charge is 0.295 e. The monoisotopic (exact) mass is 336 g/mol. The summed E-state index contributed by atoms with van der Waals surface area (Å²) in [6.07, 6.45) is -0.0829. The SMILES string of the molecule is O=C1CC(CS(=O)(=O)Cl)CN1c1ccc(F)cc1[N+](=O)[O-]. The average molecular weight is 337 g/mol. The molecule has 1 heterocycles. The van der Waals surface area contributed by atoms with Crippen LogP contribution in [0.2, 0.25) is 0 Å². The number of carbonyl (C=O) groups is 1. The largest absolute Gasteiger partial charge is 0.306 e. The Balaban J connectivity index is 2.31. The number of hydrogen-bond donors (Lipinski definition) is 0. The van der Waals surface area contributed by atoms with Gasteiger partial charge >= 0.3 is 0 Å². The summed E-state index contributed by atoms with van der Waals surface area (Å²) < 4.78 is 35.2. The minimum absolute atomic E-state index is 0.0166. The summed E-state index contributed by atoms with van der Waals surface area (Å²) in [6.45, 7) is -0.0166. The molecule has 114 valence electrons. The van der Waals surface area contributed by atoms with Crippen molar-refractivity contribution in [1.29, 1.82) is 0 Å². The molecular weight excluding hydrogens is 327 g/mol. The first-order chi connectivity index (χ1) is 9.67. The van der Waals surface area contributed by atoms with Crippen molar-refractivity contribution in [2.75, 3.05) is 17.2 Å². The Morgan fingerprint density at radius 3 is 2.71 bits per heavy atom. The molecule has 1 amide bonds. The van der Waals surface area contributed by atoms with Crippen molar-refractivity contribution >= 4 is 37.0 Å². The van der Waals surface area contributed by atoms with Gasteiger partial charge in [-0.3, -0.25) is 14.9 Å². The lowest BCUT2D eigenvalue weighted by atomic mass is 10.1. The predicted octanol–water partition coefficient (Wildman–Crippen LogP) is 1.66. The topological polar surface area (TPSA) is 97.6 Å². The molecule has 1 saturated heterocycles. The fourth-order valence-electron chi connectivity index (χ4n) is 2.28. The number of benzene rings is 1. The van der Waals surface area contributed by atoms with Crippen LogP contribution in [0.15, 0.2) is 18.2 Å². The van der Waals surface area contributed by atoms with Crippen LogP contribution in [0.3, 0.4) is 0 Å². The normalized spacial score (nSPS) is 19.0. The third-order valence-corrected chi connectivity index (χ3v) is 4.31. The molecule has 2 rings (SSSR count). The second-order valence-corrected chi connectivity index (χ2v) is 7.49. The van der Waals surface area contributed by atoms with E-state index in [0.29, 0.717) is 6.07 Å². The van der Waals surface area contributed by atoms with Crippen LogP contribution in [0, 0.1) is 21.8 Å². The maximum atomic E-state index is 13.1. The Morgan fingerprint density at radius 2 is 2.14 bits per heavy atom. The molecule has 21 heavy (non-hydrogen) atoms. The number of nitro benzene ring substituents is 1. The van der Waals surface area contributed by atoms with Crippen molar-refractivity contribution in [3.63, 3.8) is 0 Å². The van der Waals surface area contributed by atoms with Gasteiger partial charge in [0.1, 0.15) is 11.5 Å². The lowest BCUT2D eigenvalue weighted by molar-refractivity contribution is -0.384. The number of anilines is 1. The minimum atomic E-state index is -3.77.